The van der Waals surface area contributed by atoms with E-state index in [1.54, 1.807) is 24.3 Å². The Labute approximate surface area is 203 Å². The van der Waals surface area contributed by atoms with Crippen molar-refractivity contribution in [1.82, 2.24) is 10.2 Å². The molecule has 12 heteroatoms. The van der Waals surface area contributed by atoms with Crippen molar-refractivity contribution < 1.29 is 28.8 Å². The number of thioether (sulfide) groups is 1. The maximum atomic E-state index is 12.8. The van der Waals surface area contributed by atoms with E-state index in [4.69, 9.17) is 9.47 Å². The van der Waals surface area contributed by atoms with E-state index >= 15 is 0 Å². The first-order chi connectivity index (χ1) is 16.3. The zero-order valence-electron chi connectivity index (χ0n) is 17.6. The number of thiol groups is 1. The summed E-state index contributed by atoms with van der Waals surface area (Å²) in [6, 6.07) is 13.6. The maximum absolute atomic E-state index is 12.8. The lowest BCUT2D eigenvalue weighted by Gasteiger charge is -2.49. The number of nitro benzene ring substituents is 1. The predicted octanol–water partition coefficient (Wildman–Crippen LogP) is 2.26. The van der Waals surface area contributed by atoms with Gasteiger partial charge in [-0.3, -0.25) is 24.6 Å². The van der Waals surface area contributed by atoms with Gasteiger partial charge in [0.05, 0.1) is 4.92 Å². The van der Waals surface area contributed by atoms with Crippen molar-refractivity contribution in [2.24, 2.45) is 0 Å². The zero-order chi connectivity index (χ0) is 24.2. The van der Waals surface area contributed by atoms with E-state index < -0.39 is 34.1 Å². The first kappa shape index (κ1) is 23.6. The van der Waals surface area contributed by atoms with Crippen molar-refractivity contribution >= 4 is 47.9 Å². The molecule has 2 aromatic carbocycles. The van der Waals surface area contributed by atoms with Crippen molar-refractivity contribution in [2.75, 3.05) is 12.4 Å². The summed E-state index contributed by atoms with van der Waals surface area (Å²) in [4.78, 5) is 49.7. The van der Waals surface area contributed by atoms with E-state index in [0.717, 1.165) is 0 Å². The number of hydrogen-bond acceptors (Lipinski definition) is 9. The number of amides is 2. The second kappa shape index (κ2) is 10.2. The number of nitro groups is 1. The highest BCUT2D eigenvalue weighted by molar-refractivity contribution is 8.01. The van der Waals surface area contributed by atoms with Crippen LogP contribution >= 0.6 is 24.4 Å². The van der Waals surface area contributed by atoms with Gasteiger partial charge in [-0.15, -0.1) is 24.4 Å². The summed E-state index contributed by atoms with van der Waals surface area (Å²) in [6.45, 7) is -0.374. The van der Waals surface area contributed by atoms with Gasteiger partial charge in [0.1, 0.15) is 29.5 Å². The molecule has 2 aliphatic rings. The summed E-state index contributed by atoms with van der Waals surface area (Å²) in [5.74, 6) is -0.734. The normalized spacial score (nSPS) is 19.1. The first-order valence-electron chi connectivity index (χ1n) is 10.1. The summed E-state index contributed by atoms with van der Waals surface area (Å²) >= 11 is 5.71. The third-order valence-corrected chi connectivity index (χ3v) is 6.95. The molecule has 0 spiro atoms. The number of hydrogen-bond donors (Lipinski definition) is 2. The number of ether oxygens (including phenoxy) is 2. The zero-order valence-corrected chi connectivity index (χ0v) is 19.3. The Morgan fingerprint density at radius 2 is 1.88 bits per heavy atom. The average molecular weight is 502 g/mol. The van der Waals surface area contributed by atoms with E-state index in [0.29, 0.717) is 22.0 Å². The Kier molecular flexibility index (Phi) is 7.08. The highest BCUT2D eigenvalue weighted by Gasteiger charge is 2.54. The molecule has 1 fully saturated rings. The van der Waals surface area contributed by atoms with Crippen LogP contribution in [0.25, 0.3) is 0 Å². The number of esters is 1. The quantitative estimate of drug-likeness (QED) is 0.185. The molecular weight excluding hydrogens is 482 g/mol. The molecule has 2 amide bonds. The fraction of sp³-hybridized carbons (Fsp3) is 0.227. The summed E-state index contributed by atoms with van der Waals surface area (Å²) in [6.07, 6.45) is 0. The number of non-ortho nitro benzene ring substituents is 1. The lowest BCUT2D eigenvalue weighted by molar-refractivity contribution is -0.384. The van der Waals surface area contributed by atoms with Gasteiger partial charge < -0.3 is 14.8 Å². The van der Waals surface area contributed by atoms with Crippen LogP contribution in [0.5, 0.6) is 5.75 Å². The van der Waals surface area contributed by atoms with Gasteiger partial charge >= 0.3 is 5.97 Å². The third-order valence-electron chi connectivity index (χ3n) is 5.09. The summed E-state index contributed by atoms with van der Waals surface area (Å²) in [5.41, 5.74) is 0.515. The van der Waals surface area contributed by atoms with Crippen LogP contribution in [-0.4, -0.2) is 51.4 Å². The van der Waals surface area contributed by atoms with Gasteiger partial charge in [0.25, 0.3) is 17.5 Å². The number of β-lactam (4-membered cyclic amide) rings is 1. The Bertz CT molecular complexity index is 1150. The van der Waals surface area contributed by atoms with Crippen LogP contribution in [0, 0.1) is 10.1 Å². The van der Waals surface area contributed by atoms with Gasteiger partial charge in [0.15, 0.2) is 6.61 Å². The molecule has 10 nitrogen and oxygen atoms in total. The van der Waals surface area contributed by atoms with Crippen LogP contribution in [0.4, 0.5) is 5.69 Å². The van der Waals surface area contributed by atoms with Crippen molar-refractivity contribution in [3.63, 3.8) is 0 Å². The minimum Gasteiger partial charge on any atom is -0.484 e. The number of benzene rings is 2. The molecule has 0 bridgehead atoms. The van der Waals surface area contributed by atoms with Crippen LogP contribution in [0.3, 0.4) is 0 Å². The fourth-order valence-electron chi connectivity index (χ4n) is 3.41. The van der Waals surface area contributed by atoms with Crippen LogP contribution in [0.2, 0.25) is 0 Å². The van der Waals surface area contributed by atoms with Crippen LogP contribution in [0.1, 0.15) is 5.56 Å². The molecule has 0 aromatic heterocycles. The molecule has 0 radical (unpaired) electrons. The third kappa shape index (κ3) is 5.02. The highest BCUT2D eigenvalue weighted by Crippen LogP contribution is 2.41. The molecule has 2 atom stereocenters. The van der Waals surface area contributed by atoms with Crippen molar-refractivity contribution in [1.29, 1.82) is 0 Å². The van der Waals surface area contributed by atoms with Crippen LogP contribution in [0.15, 0.2) is 65.2 Å². The van der Waals surface area contributed by atoms with Gasteiger partial charge in [-0.05, 0) is 29.8 Å². The highest BCUT2D eigenvalue weighted by atomic mass is 32.2. The standard InChI is InChI=1S/C22H19N3O7S2/c26-17(11-31-15-4-2-1-3-5-15)23-18-20(27)24-19(16(33)12-34-21(18)24)22(28)32-10-13-6-8-14(9-7-13)25(29)30/h1-9,18,21,33H,10-12H2,(H,23,26)/t18-,21-/m1/s1. The molecule has 34 heavy (non-hydrogen) atoms. The Hall–Kier alpha value is -3.51. The Morgan fingerprint density at radius 3 is 2.56 bits per heavy atom. The summed E-state index contributed by atoms with van der Waals surface area (Å²) in [7, 11) is 0. The number of rotatable bonds is 8. The van der Waals surface area contributed by atoms with Crippen LogP contribution < -0.4 is 10.1 Å². The smallest absolute Gasteiger partial charge is 0.356 e. The van der Waals surface area contributed by atoms with Gasteiger partial charge in [-0.1, -0.05) is 18.2 Å². The predicted molar refractivity (Wildman–Crippen MR) is 126 cm³/mol. The van der Waals surface area contributed by atoms with E-state index in [1.165, 1.54) is 40.9 Å². The van der Waals surface area contributed by atoms with Gasteiger partial charge in [0.2, 0.25) is 0 Å². The van der Waals surface area contributed by atoms with E-state index in [2.05, 4.69) is 17.9 Å². The van der Waals surface area contributed by atoms with Crippen LogP contribution in [-0.2, 0) is 25.7 Å². The lowest BCUT2D eigenvalue weighted by Crippen LogP contribution is -2.70. The summed E-state index contributed by atoms with van der Waals surface area (Å²) < 4.78 is 10.7. The molecule has 0 unspecified atom stereocenters. The number of nitrogens with one attached hydrogen (secondary N) is 1. The van der Waals surface area contributed by atoms with Crippen molar-refractivity contribution in [3.8, 4) is 5.75 Å². The summed E-state index contributed by atoms with van der Waals surface area (Å²) in [5, 5.41) is 12.9. The van der Waals surface area contributed by atoms with Crippen molar-refractivity contribution in [2.45, 2.75) is 18.0 Å². The van der Waals surface area contributed by atoms with Gasteiger partial charge in [-0.25, -0.2) is 4.79 Å². The minimum absolute atomic E-state index is 0.0324. The molecule has 0 aliphatic carbocycles. The average Bonchev–Trinajstić information content (AvgIpc) is 2.85. The molecule has 1 N–H and O–H groups in total. The lowest BCUT2D eigenvalue weighted by atomic mass is 10.1. The fourth-order valence-corrected chi connectivity index (χ4v) is 5.03. The monoisotopic (exact) mass is 501 g/mol. The maximum Gasteiger partial charge on any atom is 0.356 e. The largest absolute Gasteiger partial charge is 0.484 e. The number of para-hydroxylation sites is 1. The molecule has 2 aliphatic heterocycles. The second-order valence-corrected chi connectivity index (χ2v) is 9.00. The number of carbonyl (C=O) groups excluding carboxylic acids is 3. The second-order valence-electron chi connectivity index (χ2n) is 7.35. The van der Waals surface area contributed by atoms with E-state index in [1.807, 2.05) is 6.07 Å². The SMILES string of the molecule is O=C(COc1ccccc1)N[C@@H]1C(=O)N2C(C(=O)OCc3ccc([N+](=O)[O-])cc3)=C(S)CS[C@H]12. The molecule has 2 aromatic rings. The number of fused-ring (bicyclic) bond motifs is 1. The number of carbonyl (C=O) groups is 3. The Balaban J connectivity index is 1.34. The van der Waals surface area contributed by atoms with Crippen molar-refractivity contribution in [3.05, 3.63) is 80.9 Å². The minimum atomic E-state index is -0.796. The Morgan fingerprint density at radius 1 is 1.18 bits per heavy atom. The molecular formula is C22H19N3O7S2. The van der Waals surface area contributed by atoms with Gasteiger partial charge in [-0.2, -0.15) is 0 Å². The molecule has 1 saturated heterocycles. The molecule has 2 heterocycles. The van der Waals surface area contributed by atoms with E-state index in [-0.39, 0.29) is 24.6 Å². The number of nitrogens with zero attached hydrogens (tertiary/aromatic N) is 2. The topological polar surface area (TPSA) is 128 Å². The molecule has 4 rings (SSSR count). The molecule has 176 valence electrons. The first-order valence-corrected chi connectivity index (χ1v) is 11.6. The van der Waals surface area contributed by atoms with E-state index in [9.17, 15) is 24.5 Å². The van der Waals surface area contributed by atoms with Gasteiger partial charge in [0, 0.05) is 22.8 Å². The molecule has 0 saturated carbocycles.